The number of piperidine rings is 1. The molecule has 0 aromatic heterocycles. The van der Waals surface area contributed by atoms with E-state index in [9.17, 15) is 4.79 Å². The summed E-state index contributed by atoms with van der Waals surface area (Å²) in [6.45, 7) is 2.72. The highest BCUT2D eigenvalue weighted by Crippen LogP contribution is 2.22. The maximum absolute atomic E-state index is 12.3. The molecule has 0 atom stereocenters. The number of hydrazine groups is 1. The maximum atomic E-state index is 12.3. The third kappa shape index (κ3) is 6.05. The molecule has 154 valence electrons. The molecule has 1 aliphatic heterocycles. The number of hydrogen-bond acceptors (Lipinski definition) is 6. The first-order valence-electron chi connectivity index (χ1n) is 9.90. The lowest BCUT2D eigenvalue weighted by Crippen LogP contribution is -2.34. The van der Waals surface area contributed by atoms with Crippen LogP contribution in [-0.2, 0) is 17.9 Å². The fraction of sp³-hybridized carbons (Fsp3) is 0.318. The van der Waals surface area contributed by atoms with Crippen LogP contribution in [0.2, 0.25) is 0 Å². The van der Waals surface area contributed by atoms with Gasteiger partial charge in [0.25, 0.3) is 0 Å². The van der Waals surface area contributed by atoms with Crippen LogP contribution < -0.4 is 32.4 Å². The Labute approximate surface area is 171 Å². The van der Waals surface area contributed by atoms with Crippen LogP contribution in [0.25, 0.3) is 6.08 Å². The third-order valence-electron chi connectivity index (χ3n) is 4.94. The number of nitrogens with two attached hydrogens (primary N) is 2. The van der Waals surface area contributed by atoms with Crippen molar-refractivity contribution in [1.29, 1.82) is 0 Å². The molecular weight excluding hydrogens is 366 g/mol. The van der Waals surface area contributed by atoms with E-state index in [0.29, 0.717) is 13.1 Å². The van der Waals surface area contributed by atoms with Crippen LogP contribution in [0.4, 0.5) is 5.69 Å². The van der Waals surface area contributed by atoms with Gasteiger partial charge < -0.3 is 26.5 Å². The minimum atomic E-state index is -0.169. The standard InChI is InChI=1S/C22H29N5O2/c23-14-18-13-16(5-7-20(18)27-24)6-8-22(28)26-15-17-3-1-2-4-21(17)29-19-9-11-25-12-10-19/h1-8,13,19,25,27H,9-12,14-15,23-24H2,(H,26,28)/b8-6+. The van der Waals surface area contributed by atoms with Crippen LogP contribution in [-0.4, -0.2) is 25.1 Å². The average Bonchev–Trinajstić information content (AvgIpc) is 2.77. The van der Waals surface area contributed by atoms with Gasteiger partial charge in [0.1, 0.15) is 11.9 Å². The number of rotatable bonds is 8. The lowest BCUT2D eigenvalue weighted by molar-refractivity contribution is -0.116. The van der Waals surface area contributed by atoms with Gasteiger partial charge in [-0.2, -0.15) is 0 Å². The molecule has 2 aromatic rings. The number of ether oxygens (including phenoxy) is 1. The quantitative estimate of drug-likeness (QED) is 0.265. The van der Waals surface area contributed by atoms with E-state index in [2.05, 4.69) is 16.1 Å². The number of anilines is 1. The Morgan fingerprint density at radius 2 is 1.97 bits per heavy atom. The zero-order chi connectivity index (χ0) is 20.5. The fourth-order valence-electron chi connectivity index (χ4n) is 3.30. The van der Waals surface area contributed by atoms with Crippen LogP contribution in [0.5, 0.6) is 5.75 Å². The smallest absolute Gasteiger partial charge is 0.244 e. The zero-order valence-corrected chi connectivity index (χ0v) is 16.5. The van der Waals surface area contributed by atoms with E-state index in [1.165, 1.54) is 6.08 Å². The number of nitrogen functional groups attached to an aromatic ring is 1. The number of para-hydroxylation sites is 1. The van der Waals surface area contributed by atoms with Gasteiger partial charge in [0.15, 0.2) is 0 Å². The number of benzene rings is 2. The number of carbonyl (C=O) groups excluding carboxylic acids is 1. The van der Waals surface area contributed by atoms with Crippen LogP contribution in [0, 0.1) is 0 Å². The summed E-state index contributed by atoms with van der Waals surface area (Å²) in [4.78, 5) is 12.3. The van der Waals surface area contributed by atoms with Gasteiger partial charge in [0.05, 0.1) is 5.69 Å². The summed E-state index contributed by atoms with van der Waals surface area (Å²) in [5, 5.41) is 6.26. The summed E-state index contributed by atoms with van der Waals surface area (Å²) in [5.74, 6) is 6.13. The van der Waals surface area contributed by atoms with Crippen LogP contribution >= 0.6 is 0 Å². The summed E-state index contributed by atoms with van der Waals surface area (Å²) in [6.07, 6.45) is 5.48. The Kier molecular flexibility index (Phi) is 7.63. The van der Waals surface area contributed by atoms with Gasteiger partial charge in [-0.15, -0.1) is 0 Å². The lowest BCUT2D eigenvalue weighted by Gasteiger charge is -2.25. The highest BCUT2D eigenvalue weighted by Gasteiger charge is 2.16. The second-order valence-electron chi connectivity index (χ2n) is 6.99. The molecule has 0 aliphatic carbocycles. The molecule has 7 N–H and O–H groups in total. The Balaban J connectivity index is 1.57. The van der Waals surface area contributed by atoms with Crippen molar-refractivity contribution < 1.29 is 9.53 Å². The Morgan fingerprint density at radius 1 is 1.17 bits per heavy atom. The highest BCUT2D eigenvalue weighted by atomic mass is 16.5. The minimum absolute atomic E-state index is 0.169. The summed E-state index contributed by atoms with van der Waals surface area (Å²) < 4.78 is 6.16. The molecule has 3 rings (SSSR count). The molecule has 1 saturated heterocycles. The van der Waals surface area contributed by atoms with Crippen LogP contribution in [0.3, 0.4) is 0 Å². The van der Waals surface area contributed by atoms with Crippen molar-refractivity contribution in [3.63, 3.8) is 0 Å². The molecule has 0 spiro atoms. The van der Waals surface area contributed by atoms with E-state index in [1.54, 1.807) is 6.08 Å². The van der Waals surface area contributed by atoms with Crippen molar-refractivity contribution >= 4 is 17.7 Å². The van der Waals surface area contributed by atoms with Gasteiger partial charge in [-0.05, 0) is 61.3 Å². The highest BCUT2D eigenvalue weighted by molar-refractivity contribution is 5.91. The molecule has 0 bridgehead atoms. The molecule has 2 aromatic carbocycles. The molecule has 1 aliphatic rings. The van der Waals surface area contributed by atoms with Crippen LogP contribution in [0.1, 0.15) is 29.5 Å². The predicted molar refractivity (Wildman–Crippen MR) is 116 cm³/mol. The predicted octanol–water partition coefficient (Wildman–Crippen LogP) is 1.89. The van der Waals surface area contributed by atoms with Crippen molar-refractivity contribution in [2.24, 2.45) is 11.6 Å². The van der Waals surface area contributed by atoms with E-state index < -0.39 is 0 Å². The molecule has 1 fully saturated rings. The second kappa shape index (κ2) is 10.6. The molecule has 0 saturated carbocycles. The van der Waals surface area contributed by atoms with Gasteiger partial charge in [-0.25, -0.2) is 0 Å². The number of nitrogens with one attached hydrogen (secondary N) is 3. The van der Waals surface area contributed by atoms with E-state index in [4.69, 9.17) is 16.3 Å². The first-order valence-corrected chi connectivity index (χ1v) is 9.90. The van der Waals surface area contributed by atoms with Crippen molar-refractivity contribution in [3.05, 3.63) is 65.2 Å². The van der Waals surface area contributed by atoms with Gasteiger partial charge in [-0.3, -0.25) is 10.6 Å². The third-order valence-corrected chi connectivity index (χ3v) is 4.94. The number of carbonyl (C=O) groups is 1. The molecule has 29 heavy (non-hydrogen) atoms. The Hall–Kier alpha value is -2.87. The van der Waals surface area contributed by atoms with Crippen LogP contribution in [0.15, 0.2) is 48.5 Å². The summed E-state index contributed by atoms with van der Waals surface area (Å²) >= 11 is 0. The number of hydrogen-bond donors (Lipinski definition) is 5. The van der Waals surface area contributed by atoms with Crippen molar-refractivity contribution in [1.82, 2.24) is 10.6 Å². The molecule has 7 heteroatoms. The second-order valence-corrected chi connectivity index (χ2v) is 6.99. The fourth-order valence-corrected chi connectivity index (χ4v) is 3.30. The maximum Gasteiger partial charge on any atom is 0.244 e. The molecule has 1 heterocycles. The first kappa shape index (κ1) is 20.9. The van der Waals surface area contributed by atoms with E-state index in [1.807, 2.05) is 42.5 Å². The lowest BCUT2D eigenvalue weighted by atomic mass is 10.1. The zero-order valence-electron chi connectivity index (χ0n) is 16.5. The largest absolute Gasteiger partial charge is 0.490 e. The van der Waals surface area contributed by atoms with Gasteiger partial charge in [0.2, 0.25) is 5.91 Å². The summed E-state index contributed by atoms with van der Waals surface area (Å²) in [5.41, 5.74) is 11.9. The SMILES string of the molecule is NCc1cc(/C=C/C(=O)NCc2ccccc2OC2CCNCC2)ccc1NN. The summed E-state index contributed by atoms with van der Waals surface area (Å²) in [6, 6.07) is 13.5. The van der Waals surface area contributed by atoms with E-state index in [-0.39, 0.29) is 12.0 Å². The van der Waals surface area contributed by atoms with Gasteiger partial charge >= 0.3 is 0 Å². The molecule has 0 radical (unpaired) electrons. The molecule has 7 nitrogen and oxygen atoms in total. The van der Waals surface area contributed by atoms with Gasteiger partial charge in [-0.1, -0.05) is 24.3 Å². The molecular formula is C22H29N5O2. The topological polar surface area (TPSA) is 114 Å². The molecule has 1 amide bonds. The minimum Gasteiger partial charge on any atom is -0.490 e. The summed E-state index contributed by atoms with van der Waals surface area (Å²) in [7, 11) is 0. The van der Waals surface area contributed by atoms with Crippen molar-refractivity contribution in [2.45, 2.75) is 32.0 Å². The van der Waals surface area contributed by atoms with Crippen molar-refractivity contribution in [3.8, 4) is 5.75 Å². The van der Waals surface area contributed by atoms with Gasteiger partial charge in [0, 0.05) is 24.7 Å². The Morgan fingerprint density at radius 3 is 2.72 bits per heavy atom. The monoisotopic (exact) mass is 395 g/mol. The van der Waals surface area contributed by atoms with E-state index in [0.717, 1.165) is 54.1 Å². The normalized spacial score (nSPS) is 14.7. The number of amides is 1. The average molecular weight is 396 g/mol. The Bertz CT molecular complexity index is 847. The first-order chi connectivity index (χ1) is 14.2. The van der Waals surface area contributed by atoms with Crippen molar-refractivity contribution in [2.75, 3.05) is 18.5 Å². The molecule has 0 unspecified atom stereocenters. The van der Waals surface area contributed by atoms with E-state index >= 15 is 0 Å².